The molecular formula is C25H25Cl2F3N4O2. The van der Waals surface area contributed by atoms with Gasteiger partial charge >= 0.3 is 0 Å². The summed E-state index contributed by atoms with van der Waals surface area (Å²) in [6, 6.07) is 13.0. The van der Waals surface area contributed by atoms with Crippen LogP contribution in [0.4, 0.5) is 13.2 Å². The molecule has 36 heavy (non-hydrogen) atoms. The first-order valence-electron chi connectivity index (χ1n) is 10.7. The van der Waals surface area contributed by atoms with Crippen LogP contribution in [0, 0.1) is 22.9 Å². The van der Waals surface area contributed by atoms with Crippen LogP contribution in [0.2, 0.25) is 0 Å². The summed E-state index contributed by atoms with van der Waals surface area (Å²) in [6.07, 6.45) is 0.938. The topological polar surface area (TPSA) is 92.7 Å². The number of nitrogens with two attached hydrogens (primary N) is 1. The second-order valence-corrected chi connectivity index (χ2v) is 7.68. The highest BCUT2D eigenvalue weighted by Gasteiger charge is 2.15. The summed E-state index contributed by atoms with van der Waals surface area (Å²) >= 11 is 0. The van der Waals surface area contributed by atoms with E-state index in [0.717, 1.165) is 19.0 Å². The quantitative estimate of drug-likeness (QED) is 0.273. The van der Waals surface area contributed by atoms with Gasteiger partial charge in [-0.25, -0.2) is 8.78 Å². The van der Waals surface area contributed by atoms with Gasteiger partial charge in [-0.05, 0) is 30.7 Å². The van der Waals surface area contributed by atoms with Gasteiger partial charge in [0, 0.05) is 35.3 Å². The monoisotopic (exact) mass is 540 g/mol. The third-order valence-electron chi connectivity index (χ3n) is 5.28. The molecular weight excluding hydrogens is 516 g/mol. The second kappa shape index (κ2) is 13.0. The van der Waals surface area contributed by atoms with Crippen molar-refractivity contribution in [3.63, 3.8) is 0 Å². The van der Waals surface area contributed by atoms with Crippen LogP contribution in [0.1, 0.15) is 28.7 Å². The minimum atomic E-state index is -0.777. The van der Waals surface area contributed by atoms with E-state index >= 15 is 0 Å². The molecule has 0 aromatic heterocycles. The lowest BCUT2D eigenvalue weighted by atomic mass is 10.1. The van der Waals surface area contributed by atoms with Gasteiger partial charge in [0.2, 0.25) is 5.82 Å². The van der Waals surface area contributed by atoms with Crippen molar-refractivity contribution in [1.82, 2.24) is 5.32 Å². The fourth-order valence-electron chi connectivity index (χ4n) is 3.39. The standard InChI is InChI=1S/C25H23F3N4O2.2ClH/c26-19-11-15(24(29)30)5-7-17(19)13-33-21-3-1-4-22(23(21)28)34-14-18-8-6-16(12-20(18)27)25-31-9-2-10-32-25;;/h1,3-8,11-12H,2,9-10,13-14H2,(H3,29,30)(H,31,32);2*1H. The number of nitrogen functional groups attached to an aromatic ring is 1. The third kappa shape index (κ3) is 6.83. The van der Waals surface area contributed by atoms with E-state index in [0.29, 0.717) is 17.9 Å². The number of nitrogens with one attached hydrogen (secondary N) is 2. The molecule has 0 saturated heterocycles. The molecule has 0 spiro atoms. The van der Waals surface area contributed by atoms with Gasteiger partial charge in [-0.1, -0.05) is 30.3 Å². The van der Waals surface area contributed by atoms with E-state index < -0.39 is 17.5 Å². The number of nitrogens with zero attached hydrogens (tertiary/aromatic N) is 1. The molecule has 1 aliphatic rings. The Hall–Kier alpha value is -3.43. The van der Waals surface area contributed by atoms with Crippen LogP contribution in [0.15, 0.2) is 59.6 Å². The zero-order valence-corrected chi connectivity index (χ0v) is 20.7. The summed E-state index contributed by atoms with van der Waals surface area (Å²) in [5.41, 5.74) is 6.67. The first-order valence-corrected chi connectivity index (χ1v) is 10.7. The highest BCUT2D eigenvalue weighted by molar-refractivity contribution is 5.99. The normalized spacial score (nSPS) is 12.4. The van der Waals surface area contributed by atoms with Gasteiger partial charge in [0.25, 0.3) is 0 Å². The maximum Gasteiger partial charge on any atom is 0.206 e. The fraction of sp³-hybridized carbons (Fsp3) is 0.200. The van der Waals surface area contributed by atoms with E-state index in [1.54, 1.807) is 12.1 Å². The predicted octanol–water partition coefficient (Wildman–Crippen LogP) is 5.13. The van der Waals surface area contributed by atoms with Crippen LogP contribution in [0.5, 0.6) is 11.5 Å². The molecule has 0 fully saturated rings. The Kier molecular flexibility index (Phi) is 10.4. The Balaban J connectivity index is 0.00000228. The molecule has 4 N–H and O–H groups in total. The van der Waals surface area contributed by atoms with E-state index in [2.05, 4.69) is 10.3 Å². The molecule has 0 atom stereocenters. The van der Waals surface area contributed by atoms with Gasteiger partial charge in [-0.15, -0.1) is 24.8 Å². The number of amidine groups is 2. The molecule has 0 radical (unpaired) electrons. The number of rotatable bonds is 8. The Morgan fingerprint density at radius 3 is 2.06 bits per heavy atom. The number of benzene rings is 3. The van der Waals surface area contributed by atoms with E-state index in [1.807, 2.05) is 0 Å². The van der Waals surface area contributed by atoms with Crippen molar-refractivity contribution in [3.05, 3.63) is 94.3 Å². The van der Waals surface area contributed by atoms with Gasteiger partial charge in [0.1, 0.15) is 36.5 Å². The van der Waals surface area contributed by atoms with Gasteiger partial charge in [-0.3, -0.25) is 10.4 Å². The first-order chi connectivity index (χ1) is 16.4. The molecule has 192 valence electrons. The molecule has 0 amide bonds. The summed E-state index contributed by atoms with van der Waals surface area (Å²) in [4.78, 5) is 4.35. The Morgan fingerprint density at radius 2 is 1.53 bits per heavy atom. The van der Waals surface area contributed by atoms with E-state index in [-0.39, 0.29) is 72.1 Å². The average molecular weight is 541 g/mol. The summed E-state index contributed by atoms with van der Waals surface area (Å²) in [7, 11) is 0. The van der Waals surface area contributed by atoms with Crippen molar-refractivity contribution in [2.45, 2.75) is 19.6 Å². The van der Waals surface area contributed by atoms with Crippen molar-refractivity contribution >= 4 is 36.5 Å². The average Bonchev–Trinajstić information content (AvgIpc) is 2.84. The molecule has 6 nitrogen and oxygen atoms in total. The number of halogens is 5. The Labute approximate surface area is 219 Å². The Morgan fingerprint density at radius 1 is 0.917 bits per heavy atom. The Bertz CT molecular complexity index is 1260. The van der Waals surface area contributed by atoms with Gasteiger partial charge < -0.3 is 20.5 Å². The highest BCUT2D eigenvalue weighted by atomic mass is 35.5. The highest BCUT2D eigenvalue weighted by Crippen LogP contribution is 2.28. The first kappa shape index (κ1) is 28.8. The molecule has 0 saturated carbocycles. The number of hydrogen-bond donors (Lipinski definition) is 3. The van der Waals surface area contributed by atoms with Crippen LogP contribution >= 0.6 is 24.8 Å². The predicted molar refractivity (Wildman–Crippen MR) is 137 cm³/mol. The van der Waals surface area contributed by atoms with Crippen molar-refractivity contribution in [2.24, 2.45) is 10.7 Å². The summed E-state index contributed by atoms with van der Waals surface area (Å²) < 4.78 is 54.5. The van der Waals surface area contributed by atoms with E-state index in [4.69, 9.17) is 20.6 Å². The molecule has 0 bridgehead atoms. The van der Waals surface area contributed by atoms with Crippen LogP contribution in [-0.2, 0) is 13.2 Å². The van der Waals surface area contributed by atoms with Crippen LogP contribution < -0.4 is 20.5 Å². The summed E-state index contributed by atoms with van der Waals surface area (Å²) in [6.45, 7) is 1.06. The number of aliphatic imine (C=N–C) groups is 1. The van der Waals surface area contributed by atoms with Gasteiger partial charge in [0.15, 0.2) is 11.5 Å². The molecule has 3 aromatic rings. The maximum atomic E-state index is 14.8. The summed E-state index contributed by atoms with van der Waals surface area (Å²) in [5, 5.41) is 10.5. The molecule has 0 aliphatic carbocycles. The third-order valence-corrected chi connectivity index (χ3v) is 5.28. The zero-order chi connectivity index (χ0) is 24.1. The van der Waals surface area contributed by atoms with Gasteiger partial charge in [-0.2, -0.15) is 4.39 Å². The largest absolute Gasteiger partial charge is 0.486 e. The van der Waals surface area contributed by atoms with E-state index in [9.17, 15) is 13.2 Å². The van der Waals surface area contributed by atoms with Crippen LogP contribution in [0.3, 0.4) is 0 Å². The van der Waals surface area contributed by atoms with Crippen LogP contribution in [-0.4, -0.2) is 24.8 Å². The van der Waals surface area contributed by atoms with Gasteiger partial charge in [0.05, 0.1) is 0 Å². The summed E-state index contributed by atoms with van der Waals surface area (Å²) in [5.74, 6) is -1.73. The molecule has 11 heteroatoms. The molecule has 1 aliphatic heterocycles. The van der Waals surface area contributed by atoms with E-state index in [1.165, 1.54) is 36.4 Å². The maximum absolute atomic E-state index is 14.8. The van der Waals surface area contributed by atoms with Crippen molar-refractivity contribution in [1.29, 1.82) is 5.41 Å². The molecule has 1 heterocycles. The van der Waals surface area contributed by atoms with Crippen molar-refractivity contribution < 1.29 is 22.6 Å². The molecule has 0 unspecified atom stereocenters. The lowest BCUT2D eigenvalue weighted by Gasteiger charge is -2.16. The fourth-order valence-corrected chi connectivity index (χ4v) is 3.39. The lowest BCUT2D eigenvalue weighted by molar-refractivity contribution is 0.258. The lowest BCUT2D eigenvalue weighted by Crippen LogP contribution is -2.30. The number of hydrogen-bond acceptors (Lipinski definition) is 5. The minimum absolute atomic E-state index is 0. The zero-order valence-electron chi connectivity index (χ0n) is 19.0. The molecule has 4 rings (SSSR count). The van der Waals surface area contributed by atoms with Crippen molar-refractivity contribution in [3.8, 4) is 11.5 Å². The van der Waals surface area contributed by atoms with Crippen molar-refractivity contribution in [2.75, 3.05) is 13.1 Å². The second-order valence-electron chi connectivity index (χ2n) is 7.68. The SMILES string of the molecule is Cl.Cl.N=C(N)c1ccc(COc2cccc(OCc3ccc(C4=NCCCN4)cc3F)c2F)c(F)c1. The smallest absolute Gasteiger partial charge is 0.206 e. The number of ether oxygens (including phenoxy) is 2. The minimum Gasteiger partial charge on any atom is -0.486 e. The van der Waals surface area contributed by atoms with Crippen LogP contribution in [0.25, 0.3) is 0 Å². The molecule has 3 aromatic carbocycles.